The van der Waals surface area contributed by atoms with Crippen molar-refractivity contribution in [2.24, 2.45) is 12.0 Å². The molecule has 1 heterocycles. The number of para-hydroxylation sites is 1. The number of benzene rings is 2. The highest BCUT2D eigenvalue weighted by atomic mass is 32.1. The summed E-state index contributed by atoms with van der Waals surface area (Å²) in [7, 11) is 5.11. The zero-order valence-electron chi connectivity index (χ0n) is 14.7. The molecule has 0 spiro atoms. The predicted molar refractivity (Wildman–Crippen MR) is 99.4 cm³/mol. The topological polar surface area (TPSA) is 52.8 Å². The Morgan fingerprint density at radius 3 is 2.68 bits per heavy atom. The van der Waals surface area contributed by atoms with Crippen LogP contribution in [-0.2, 0) is 18.3 Å². The van der Waals surface area contributed by atoms with Crippen molar-refractivity contribution in [3.8, 4) is 11.5 Å². The van der Waals surface area contributed by atoms with Crippen molar-refractivity contribution in [3.63, 3.8) is 0 Å². The fraction of sp³-hybridized carbons (Fsp3) is 0.263. The van der Waals surface area contributed by atoms with Crippen molar-refractivity contribution in [3.05, 3.63) is 52.3 Å². The highest BCUT2D eigenvalue weighted by Crippen LogP contribution is 2.25. The molecule has 0 aliphatic heterocycles. The van der Waals surface area contributed by atoms with Gasteiger partial charge in [-0.3, -0.25) is 4.79 Å². The normalized spacial score (nSPS) is 11.8. The maximum Gasteiger partial charge on any atom is 0.252 e. The second-order valence-electron chi connectivity index (χ2n) is 5.73. The highest BCUT2D eigenvalue weighted by Gasteiger charge is 2.11. The molecule has 5 nitrogen and oxygen atoms in total. The highest BCUT2D eigenvalue weighted by molar-refractivity contribution is 7.16. The van der Waals surface area contributed by atoms with E-state index in [1.54, 1.807) is 20.3 Å². The van der Waals surface area contributed by atoms with Crippen LogP contribution in [0.2, 0.25) is 0 Å². The molecule has 0 saturated heterocycles. The number of amides is 1. The van der Waals surface area contributed by atoms with Crippen LogP contribution in [0, 0.1) is 6.92 Å². The minimum atomic E-state index is -0.205. The van der Waals surface area contributed by atoms with E-state index in [-0.39, 0.29) is 12.3 Å². The van der Waals surface area contributed by atoms with Gasteiger partial charge in [-0.15, -0.1) is 0 Å². The monoisotopic (exact) mass is 356 g/mol. The van der Waals surface area contributed by atoms with Crippen molar-refractivity contribution in [2.45, 2.75) is 13.3 Å². The molecule has 0 unspecified atom stereocenters. The van der Waals surface area contributed by atoms with E-state index in [0.717, 1.165) is 15.8 Å². The number of aryl methyl sites for hydroxylation is 2. The number of aromatic nitrogens is 1. The zero-order valence-corrected chi connectivity index (χ0v) is 15.5. The summed E-state index contributed by atoms with van der Waals surface area (Å²) in [6, 6.07) is 11.5. The fourth-order valence-corrected chi connectivity index (χ4v) is 3.93. The van der Waals surface area contributed by atoms with Crippen LogP contribution in [0.25, 0.3) is 10.2 Å². The Bertz CT molecular complexity index is 1000. The summed E-state index contributed by atoms with van der Waals surface area (Å²) in [5.74, 6) is 1.11. The van der Waals surface area contributed by atoms with Gasteiger partial charge in [0.1, 0.15) is 11.5 Å². The lowest BCUT2D eigenvalue weighted by atomic mass is 10.1. The molecule has 0 aliphatic carbocycles. The Morgan fingerprint density at radius 1 is 1.20 bits per heavy atom. The third-order valence-corrected chi connectivity index (χ3v) is 5.18. The largest absolute Gasteiger partial charge is 0.497 e. The molecule has 0 aliphatic rings. The minimum absolute atomic E-state index is 0.181. The maximum atomic E-state index is 12.5. The lowest BCUT2D eigenvalue weighted by molar-refractivity contribution is -0.117. The van der Waals surface area contributed by atoms with Crippen LogP contribution in [0.15, 0.2) is 41.4 Å². The number of hydrogen-bond donors (Lipinski definition) is 0. The first-order valence-electron chi connectivity index (χ1n) is 7.87. The van der Waals surface area contributed by atoms with Crippen LogP contribution in [0.5, 0.6) is 11.5 Å². The van der Waals surface area contributed by atoms with Gasteiger partial charge >= 0.3 is 0 Å². The Hall–Kier alpha value is -2.60. The zero-order chi connectivity index (χ0) is 18.0. The van der Waals surface area contributed by atoms with Gasteiger partial charge in [0.15, 0.2) is 4.80 Å². The van der Waals surface area contributed by atoms with Crippen LogP contribution < -0.4 is 14.3 Å². The van der Waals surface area contributed by atoms with Gasteiger partial charge in [-0.05, 0) is 24.6 Å². The van der Waals surface area contributed by atoms with E-state index in [1.165, 1.54) is 16.9 Å². The number of nitrogens with zero attached hydrogens (tertiary/aromatic N) is 2. The first-order chi connectivity index (χ1) is 12.0. The van der Waals surface area contributed by atoms with E-state index in [9.17, 15) is 4.79 Å². The van der Waals surface area contributed by atoms with Gasteiger partial charge in [0, 0.05) is 18.7 Å². The standard InChI is InChI=1S/C19H20N2O3S/c1-12-6-5-7-16-18(12)21(2)19(25-16)20-17(22)10-13-8-9-14(23-3)11-15(13)24-4/h5-9,11H,10H2,1-4H3. The Labute approximate surface area is 150 Å². The van der Waals surface area contributed by atoms with E-state index < -0.39 is 0 Å². The first kappa shape index (κ1) is 17.2. The summed E-state index contributed by atoms with van der Waals surface area (Å²) in [6.45, 7) is 2.06. The number of thiazole rings is 1. The second-order valence-corrected chi connectivity index (χ2v) is 6.73. The van der Waals surface area contributed by atoms with Crippen molar-refractivity contribution in [1.82, 2.24) is 4.57 Å². The lowest BCUT2D eigenvalue weighted by Crippen LogP contribution is -2.14. The van der Waals surface area contributed by atoms with Gasteiger partial charge < -0.3 is 14.0 Å². The van der Waals surface area contributed by atoms with Crippen LogP contribution in [0.4, 0.5) is 0 Å². The van der Waals surface area contributed by atoms with Crippen molar-refractivity contribution in [2.75, 3.05) is 14.2 Å². The number of carbonyl (C=O) groups excluding carboxylic acids is 1. The summed E-state index contributed by atoms with van der Waals surface area (Å²) in [5, 5.41) is 0. The van der Waals surface area contributed by atoms with Gasteiger partial charge in [-0.1, -0.05) is 29.5 Å². The molecule has 0 atom stereocenters. The fourth-order valence-electron chi connectivity index (χ4n) is 2.81. The Morgan fingerprint density at radius 2 is 2.00 bits per heavy atom. The summed E-state index contributed by atoms with van der Waals surface area (Å²) >= 11 is 1.52. The van der Waals surface area contributed by atoms with Gasteiger partial charge in [-0.25, -0.2) is 0 Å². The van der Waals surface area contributed by atoms with Crippen molar-refractivity contribution < 1.29 is 14.3 Å². The predicted octanol–water partition coefficient (Wildman–Crippen LogP) is 3.24. The molecule has 0 N–H and O–H groups in total. The SMILES string of the molecule is COc1ccc(CC(=O)N=c2sc3cccc(C)c3n2C)c(OC)c1. The van der Waals surface area contributed by atoms with Gasteiger partial charge in [-0.2, -0.15) is 4.99 Å². The van der Waals surface area contributed by atoms with Crippen molar-refractivity contribution >= 4 is 27.5 Å². The number of fused-ring (bicyclic) bond motifs is 1. The average molecular weight is 356 g/mol. The van der Waals surface area contributed by atoms with Crippen LogP contribution in [0.1, 0.15) is 11.1 Å². The summed E-state index contributed by atoms with van der Waals surface area (Å²) in [4.78, 5) is 17.5. The molecule has 0 fully saturated rings. The molecule has 3 aromatic rings. The summed E-state index contributed by atoms with van der Waals surface area (Å²) < 4.78 is 13.6. The van der Waals surface area contributed by atoms with Crippen LogP contribution in [-0.4, -0.2) is 24.7 Å². The Kier molecular flexibility index (Phi) is 4.90. The molecular weight excluding hydrogens is 336 g/mol. The van der Waals surface area contributed by atoms with E-state index >= 15 is 0 Å². The smallest absolute Gasteiger partial charge is 0.252 e. The molecule has 3 rings (SSSR count). The second kappa shape index (κ2) is 7.11. The van der Waals surface area contributed by atoms with Crippen molar-refractivity contribution in [1.29, 1.82) is 0 Å². The third kappa shape index (κ3) is 3.44. The molecule has 130 valence electrons. The number of methoxy groups -OCH3 is 2. The molecule has 0 bridgehead atoms. The molecule has 0 saturated carbocycles. The van der Waals surface area contributed by atoms with Gasteiger partial charge in [0.05, 0.1) is 30.9 Å². The molecule has 6 heteroatoms. The van der Waals surface area contributed by atoms with Gasteiger partial charge in [0.2, 0.25) is 0 Å². The van der Waals surface area contributed by atoms with E-state index in [1.807, 2.05) is 35.9 Å². The number of hydrogen-bond acceptors (Lipinski definition) is 4. The Balaban J connectivity index is 1.94. The molecule has 2 aromatic carbocycles. The minimum Gasteiger partial charge on any atom is -0.497 e. The lowest BCUT2D eigenvalue weighted by Gasteiger charge is -2.08. The van der Waals surface area contributed by atoms with E-state index in [0.29, 0.717) is 16.3 Å². The summed E-state index contributed by atoms with van der Waals surface area (Å²) in [6.07, 6.45) is 0.181. The molecule has 1 amide bonds. The number of carbonyl (C=O) groups is 1. The van der Waals surface area contributed by atoms with E-state index in [4.69, 9.17) is 9.47 Å². The quantitative estimate of drug-likeness (QED) is 0.721. The van der Waals surface area contributed by atoms with Crippen LogP contribution in [0.3, 0.4) is 0 Å². The first-order valence-corrected chi connectivity index (χ1v) is 8.68. The van der Waals surface area contributed by atoms with Crippen LogP contribution >= 0.6 is 11.3 Å². The molecule has 25 heavy (non-hydrogen) atoms. The average Bonchev–Trinajstić information content (AvgIpc) is 2.92. The number of ether oxygens (including phenoxy) is 2. The van der Waals surface area contributed by atoms with Gasteiger partial charge in [0.25, 0.3) is 5.91 Å². The molecule has 1 aromatic heterocycles. The van der Waals surface area contributed by atoms with E-state index in [2.05, 4.69) is 18.0 Å². The summed E-state index contributed by atoms with van der Waals surface area (Å²) in [5.41, 5.74) is 3.07. The number of rotatable bonds is 4. The molecule has 0 radical (unpaired) electrons. The maximum absolute atomic E-state index is 12.5. The molecular formula is C19H20N2O3S. The third-order valence-electron chi connectivity index (χ3n) is 4.08.